The molecule has 0 spiro atoms. The first-order valence-corrected chi connectivity index (χ1v) is 4.79. The van der Waals surface area contributed by atoms with Gasteiger partial charge in [0.05, 0.1) is 0 Å². The molecule has 82 valence electrons. The van der Waals surface area contributed by atoms with Crippen LogP contribution in [0.25, 0.3) is 0 Å². The molecule has 0 aromatic heterocycles. The molecule has 0 atom stereocenters. The largest absolute Gasteiger partial charge is 1.00 e. The molecule has 1 heterocycles. The van der Waals surface area contributed by atoms with Crippen LogP contribution in [0.1, 0.15) is 27.2 Å². The van der Waals surface area contributed by atoms with Gasteiger partial charge in [-0.3, -0.25) is 20.2 Å². The molecular weight excluding hydrogens is 219 g/mol. The Bertz CT molecular complexity index is 343. The SMILES string of the molecule is C/C=C(\CC)C1(C)C(=O)NC(=O)NC1=O.[Na+]. The summed E-state index contributed by atoms with van der Waals surface area (Å²) in [7, 11) is 0. The number of urea groups is 1. The molecule has 4 amide bonds. The Hall–Kier alpha value is -0.650. The summed E-state index contributed by atoms with van der Waals surface area (Å²) in [6.07, 6.45) is 2.32. The van der Waals surface area contributed by atoms with Crippen LogP contribution < -0.4 is 40.2 Å². The van der Waals surface area contributed by atoms with E-state index in [1.54, 1.807) is 13.0 Å². The van der Waals surface area contributed by atoms with Crippen molar-refractivity contribution in [1.82, 2.24) is 10.6 Å². The second-order valence-electron chi connectivity index (χ2n) is 3.53. The van der Waals surface area contributed by atoms with Gasteiger partial charge in [0.15, 0.2) is 0 Å². The van der Waals surface area contributed by atoms with Gasteiger partial charge in [-0.2, -0.15) is 0 Å². The van der Waals surface area contributed by atoms with Gasteiger partial charge in [0, 0.05) is 0 Å². The summed E-state index contributed by atoms with van der Waals surface area (Å²) in [5.74, 6) is -1.13. The molecule has 0 aliphatic carbocycles. The molecule has 1 aliphatic rings. The van der Waals surface area contributed by atoms with Gasteiger partial charge in [0.25, 0.3) is 0 Å². The van der Waals surface area contributed by atoms with Gasteiger partial charge in [-0.25, -0.2) is 4.79 Å². The number of carbonyl (C=O) groups excluding carboxylic acids is 3. The number of barbiturate groups is 1. The van der Waals surface area contributed by atoms with Crippen LogP contribution in [0.3, 0.4) is 0 Å². The van der Waals surface area contributed by atoms with Gasteiger partial charge in [0.2, 0.25) is 11.8 Å². The zero-order valence-electron chi connectivity index (χ0n) is 10.0. The van der Waals surface area contributed by atoms with Crippen molar-refractivity contribution in [3.05, 3.63) is 11.6 Å². The molecule has 2 N–H and O–H groups in total. The fourth-order valence-electron chi connectivity index (χ4n) is 1.73. The third kappa shape index (κ3) is 2.36. The van der Waals surface area contributed by atoms with Crippen molar-refractivity contribution in [3.63, 3.8) is 0 Å². The molecule has 0 saturated carbocycles. The van der Waals surface area contributed by atoms with E-state index in [4.69, 9.17) is 0 Å². The molecule has 16 heavy (non-hydrogen) atoms. The molecule has 1 rings (SSSR count). The first-order valence-electron chi connectivity index (χ1n) is 4.79. The van der Waals surface area contributed by atoms with E-state index >= 15 is 0 Å². The van der Waals surface area contributed by atoms with E-state index < -0.39 is 23.3 Å². The van der Waals surface area contributed by atoms with Crippen LogP contribution in [-0.2, 0) is 9.59 Å². The average Bonchev–Trinajstić information content (AvgIpc) is 2.16. The Morgan fingerprint density at radius 2 is 1.69 bits per heavy atom. The number of imide groups is 2. The number of rotatable bonds is 2. The molecule has 0 radical (unpaired) electrons. The van der Waals surface area contributed by atoms with Crippen LogP contribution in [0, 0.1) is 5.41 Å². The van der Waals surface area contributed by atoms with Crippen molar-refractivity contribution in [2.45, 2.75) is 27.2 Å². The Labute approximate surface area is 116 Å². The standard InChI is InChI=1S/C10H14N2O3.Na/c1-4-6(5-2)10(3)7(13)11-9(15)12-8(10)14;/h4H,5H2,1-3H3,(H2,11,12,13,14,15);/q;+1/b6-4+;. The fraction of sp³-hybridized carbons (Fsp3) is 0.500. The zero-order valence-corrected chi connectivity index (χ0v) is 12.0. The molecule has 6 heteroatoms. The third-order valence-corrected chi connectivity index (χ3v) is 2.73. The number of hydrogen-bond donors (Lipinski definition) is 2. The number of amides is 4. The molecule has 1 aliphatic heterocycles. The van der Waals surface area contributed by atoms with E-state index in [0.717, 1.165) is 0 Å². The minimum Gasteiger partial charge on any atom is -0.277 e. The quantitative estimate of drug-likeness (QED) is 0.320. The van der Waals surface area contributed by atoms with E-state index in [9.17, 15) is 14.4 Å². The first kappa shape index (κ1) is 15.3. The van der Waals surface area contributed by atoms with Crippen LogP contribution in [0.4, 0.5) is 4.79 Å². The van der Waals surface area contributed by atoms with Crippen molar-refractivity contribution in [1.29, 1.82) is 0 Å². The van der Waals surface area contributed by atoms with Crippen molar-refractivity contribution in [2.75, 3.05) is 0 Å². The minimum atomic E-state index is -1.27. The molecule has 5 nitrogen and oxygen atoms in total. The maximum atomic E-state index is 11.7. The van der Waals surface area contributed by atoms with Crippen LogP contribution >= 0.6 is 0 Å². The Balaban J connectivity index is 0.00000225. The van der Waals surface area contributed by atoms with E-state index in [-0.39, 0.29) is 29.6 Å². The topological polar surface area (TPSA) is 75.3 Å². The van der Waals surface area contributed by atoms with Gasteiger partial charge >= 0.3 is 35.6 Å². The van der Waals surface area contributed by atoms with Crippen LogP contribution in [0.15, 0.2) is 11.6 Å². The van der Waals surface area contributed by atoms with Gasteiger partial charge in [-0.05, 0) is 20.3 Å². The summed E-state index contributed by atoms with van der Waals surface area (Å²) in [5.41, 5.74) is -0.567. The maximum absolute atomic E-state index is 11.7. The maximum Gasteiger partial charge on any atom is 1.00 e. The van der Waals surface area contributed by atoms with Gasteiger partial charge in [-0.1, -0.05) is 18.6 Å². The smallest absolute Gasteiger partial charge is 0.277 e. The number of carbonyl (C=O) groups is 3. The normalized spacial score (nSPS) is 19.7. The number of nitrogens with one attached hydrogen (secondary N) is 2. The van der Waals surface area contributed by atoms with E-state index in [0.29, 0.717) is 12.0 Å². The number of hydrogen-bond acceptors (Lipinski definition) is 3. The van der Waals surface area contributed by atoms with Crippen LogP contribution in [0.5, 0.6) is 0 Å². The van der Waals surface area contributed by atoms with E-state index in [1.807, 2.05) is 6.92 Å². The Morgan fingerprint density at radius 1 is 1.25 bits per heavy atom. The molecule has 0 bridgehead atoms. The second kappa shape index (κ2) is 5.61. The molecule has 1 saturated heterocycles. The van der Waals surface area contributed by atoms with Crippen LogP contribution in [-0.4, -0.2) is 17.8 Å². The summed E-state index contributed by atoms with van der Waals surface area (Å²) in [6, 6.07) is -0.756. The zero-order chi connectivity index (χ0) is 11.6. The van der Waals surface area contributed by atoms with Crippen molar-refractivity contribution in [3.8, 4) is 0 Å². The molecule has 0 aromatic rings. The molecule has 0 unspecified atom stereocenters. The van der Waals surface area contributed by atoms with E-state index in [2.05, 4.69) is 10.6 Å². The monoisotopic (exact) mass is 233 g/mol. The predicted octanol–water partition coefficient (Wildman–Crippen LogP) is -2.28. The molecule has 1 fully saturated rings. The summed E-state index contributed by atoms with van der Waals surface area (Å²) in [5, 5.41) is 4.20. The summed E-state index contributed by atoms with van der Waals surface area (Å²) < 4.78 is 0. The summed E-state index contributed by atoms with van der Waals surface area (Å²) in [6.45, 7) is 5.14. The number of allylic oxidation sites excluding steroid dienone is 1. The third-order valence-electron chi connectivity index (χ3n) is 2.73. The first-order chi connectivity index (χ1) is 6.96. The fourth-order valence-corrected chi connectivity index (χ4v) is 1.73. The van der Waals surface area contributed by atoms with Crippen molar-refractivity contribution >= 4 is 17.8 Å². The van der Waals surface area contributed by atoms with Gasteiger partial charge in [-0.15, -0.1) is 0 Å². The molecular formula is C10H14N2NaO3+. The van der Waals surface area contributed by atoms with Crippen molar-refractivity contribution < 1.29 is 43.9 Å². The summed E-state index contributed by atoms with van der Waals surface area (Å²) >= 11 is 0. The molecule has 0 aromatic carbocycles. The minimum absolute atomic E-state index is 0. The average molecular weight is 233 g/mol. The summed E-state index contributed by atoms with van der Waals surface area (Å²) in [4.78, 5) is 34.2. The van der Waals surface area contributed by atoms with Crippen LogP contribution in [0.2, 0.25) is 0 Å². The van der Waals surface area contributed by atoms with E-state index in [1.165, 1.54) is 6.92 Å². The van der Waals surface area contributed by atoms with Crippen molar-refractivity contribution in [2.24, 2.45) is 5.41 Å². The predicted molar refractivity (Wildman–Crippen MR) is 53.8 cm³/mol. The Kier molecular flexibility index (Phi) is 5.38. The van der Waals surface area contributed by atoms with Gasteiger partial charge in [0.1, 0.15) is 5.41 Å². The van der Waals surface area contributed by atoms with Gasteiger partial charge < -0.3 is 0 Å². The Morgan fingerprint density at radius 3 is 2.00 bits per heavy atom. The second-order valence-corrected chi connectivity index (χ2v) is 3.53.